The molecular formula is C26H32ClN5O3. The Morgan fingerprint density at radius 1 is 1.23 bits per heavy atom. The van der Waals surface area contributed by atoms with Crippen LogP contribution in [0.5, 0.6) is 5.75 Å². The normalized spacial score (nSPS) is 14.4. The van der Waals surface area contributed by atoms with Crippen LogP contribution in [0.1, 0.15) is 39.7 Å². The minimum atomic E-state index is -0.303. The molecule has 8 nitrogen and oxygen atoms in total. The van der Waals surface area contributed by atoms with Crippen LogP contribution in [0, 0.1) is 5.92 Å². The second-order valence-corrected chi connectivity index (χ2v) is 9.74. The minimum Gasteiger partial charge on any atom is -0.478 e. The number of nitrogens with zero attached hydrogens (tertiary/aromatic N) is 3. The predicted molar refractivity (Wildman–Crippen MR) is 141 cm³/mol. The van der Waals surface area contributed by atoms with E-state index in [0.717, 1.165) is 59.9 Å². The van der Waals surface area contributed by atoms with Crippen molar-refractivity contribution < 1.29 is 9.53 Å². The number of hydrogen-bond acceptors (Lipinski definition) is 6. The average Bonchev–Trinajstić information content (AvgIpc) is 2.84. The molecule has 1 saturated heterocycles. The summed E-state index contributed by atoms with van der Waals surface area (Å²) in [4.78, 5) is 31.5. The van der Waals surface area contributed by atoms with Crippen LogP contribution in [0.2, 0.25) is 5.02 Å². The number of fused-ring (bicyclic) bond motifs is 1. The van der Waals surface area contributed by atoms with Crippen LogP contribution in [-0.4, -0.2) is 42.2 Å². The number of piperidine rings is 1. The Balaban J connectivity index is 1.66. The van der Waals surface area contributed by atoms with Gasteiger partial charge in [0.05, 0.1) is 22.4 Å². The van der Waals surface area contributed by atoms with Crippen molar-refractivity contribution in [3.63, 3.8) is 0 Å². The van der Waals surface area contributed by atoms with Crippen LogP contribution in [-0.2, 0) is 4.79 Å². The van der Waals surface area contributed by atoms with Crippen LogP contribution >= 0.6 is 11.6 Å². The maximum absolute atomic E-state index is 13.0. The SMILES string of the molecule is CNC(=O)COc1cc2cc(Nc3cc(N4CCC(C)CC4)ncc3Cl)ccc2n(C(C)C)c1=O. The number of hydrogen-bond donors (Lipinski definition) is 2. The molecule has 0 spiro atoms. The zero-order valence-corrected chi connectivity index (χ0v) is 21.4. The monoisotopic (exact) mass is 497 g/mol. The molecule has 1 aromatic carbocycles. The Morgan fingerprint density at radius 2 is 1.97 bits per heavy atom. The molecule has 3 aromatic rings. The van der Waals surface area contributed by atoms with E-state index in [0.29, 0.717) is 5.02 Å². The number of likely N-dealkylation sites (N-methyl/N-ethyl adjacent to an activating group) is 1. The molecular weight excluding hydrogens is 466 g/mol. The average molecular weight is 498 g/mol. The van der Waals surface area contributed by atoms with E-state index in [1.54, 1.807) is 16.8 Å². The summed E-state index contributed by atoms with van der Waals surface area (Å²) in [5, 5.41) is 7.24. The summed E-state index contributed by atoms with van der Waals surface area (Å²) in [6.45, 7) is 7.91. The molecule has 0 atom stereocenters. The molecule has 1 aliphatic heterocycles. The van der Waals surface area contributed by atoms with E-state index in [-0.39, 0.29) is 29.9 Å². The van der Waals surface area contributed by atoms with Crippen molar-refractivity contribution in [2.24, 2.45) is 5.92 Å². The molecule has 1 aliphatic rings. The highest BCUT2D eigenvalue weighted by atomic mass is 35.5. The van der Waals surface area contributed by atoms with Gasteiger partial charge in [-0.1, -0.05) is 18.5 Å². The van der Waals surface area contributed by atoms with E-state index in [9.17, 15) is 9.59 Å². The third kappa shape index (κ3) is 5.53. The molecule has 186 valence electrons. The summed E-state index contributed by atoms with van der Waals surface area (Å²) < 4.78 is 7.23. The highest BCUT2D eigenvalue weighted by Gasteiger charge is 2.18. The van der Waals surface area contributed by atoms with Crippen molar-refractivity contribution in [3.8, 4) is 5.75 Å². The van der Waals surface area contributed by atoms with Crippen LogP contribution in [0.3, 0.4) is 0 Å². The number of anilines is 3. The molecule has 1 fully saturated rings. The van der Waals surface area contributed by atoms with Crippen molar-refractivity contribution in [2.45, 2.75) is 39.7 Å². The minimum absolute atomic E-state index is 0.0863. The number of halogens is 1. The molecule has 0 unspecified atom stereocenters. The highest BCUT2D eigenvalue weighted by molar-refractivity contribution is 6.33. The molecule has 0 aliphatic carbocycles. The second kappa shape index (κ2) is 10.6. The maximum Gasteiger partial charge on any atom is 0.293 e. The fourth-order valence-corrected chi connectivity index (χ4v) is 4.47. The molecule has 1 amide bonds. The van der Waals surface area contributed by atoms with Crippen LogP contribution in [0.25, 0.3) is 10.9 Å². The van der Waals surface area contributed by atoms with Crippen molar-refractivity contribution in [2.75, 3.05) is 37.0 Å². The first-order chi connectivity index (χ1) is 16.8. The number of ether oxygens (including phenoxy) is 1. The van der Waals surface area contributed by atoms with Gasteiger partial charge in [-0.15, -0.1) is 0 Å². The Bertz CT molecular complexity index is 1280. The van der Waals surface area contributed by atoms with Gasteiger partial charge in [0.15, 0.2) is 12.4 Å². The van der Waals surface area contributed by atoms with Gasteiger partial charge in [0.25, 0.3) is 11.5 Å². The van der Waals surface area contributed by atoms with E-state index in [1.165, 1.54) is 7.05 Å². The number of benzene rings is 1. The van der Waals surface area contributed by atoms with Crippen molar-refractivity contribution in [1.82, 2.24) is 14.9 Å². The van der Waals surface area contributed by atoms with Gasteiger partial charge < -0.3 is 24.8 Å². The highest BCUT2D eigenvalue weighted by Crippen LogP contribution is 2.32. The van der Waals surface area contributed by atoms with Gasteiger partial charge >= 0.3 is 0 Å². The Morgan fingerprint density at radius 3 is 2.66 bits per heavy atom. The van der Waals surface area contributed by atoms with Gasteiger partial charge in [0.1, 0.15) is 5.82 Å². The van der Waals surface area contributed by atoms with Crippen molar-refractivity contribution in [3.05, 3.63) is 51.9 Å². The topological polar surface area (TPSA) is 88.5 Å². The lowest BCUT2D eigenvalue weighted by atomic mass is 9.99. The van der Waals surface area contributed by atoms with E-state index in [4.69, 9.17) is 16.3 Å². The third-order valence-corrected chi connectivity index (χ3v) is 6.69. The fourth-order valence-electron chi connectivity index (χ4n) is 4.32. The van der Waals surface area contributed by atoms with Crippen LogP contribution in [0.4, 0.5) is 17.2 Å². The summed E-state index contributed by atoms with van der Waals surface area (Å²) in [5.41, 5.74) is 2.10. The Hall–Kier alpha value is -3.26. The largest absolute Gasteiger partial charge is 0.478 e. The summed E-state index contributed by atoms with van der Waals surface area (Å²) >= 11 is 6.48. The van der Waals surface area contributed by atoms with Crippen molar-refractivity contribution >= 4 is 45.6 Å². The van der Waals surface area contributed by atoms with E-state index in [1.807, 2.05) is 38.1 Å². The molecule has 2 N–H and O–H groups in total. The quantitative estimate of drug-likeness (QED) is 0.490. The van der Waals surface area contributed by atoms with Gasteiger partial charge in [-0.2, -0.15) is 0 Å². The number of nitrogens with one attached hydrogen (secondary N) is 2. The number of rotatable bonds is 7. The molecule has 35 heavy (non-hydrogen) atoms. The van der Waals surface area contributed by atoms with Crippen LogP contribution < -0.4 is 25.8 Å². The number of carbonyl (C=O) groups is 1. The Kier molecular flexibility index (Phi) is 7.50. The number of pyridine rings is 2. The Labute approximate surface area is 210 Å². The van der Waals surface area contributed by atoms with Crippen LogP contribution in [0.15, 0.2) is 41.3 Å². The maximum atomic E-state index is 13.0. The van der Waals surface area contributed by atoms with Gasteiger partial charge in [-0.05, 0) is 56.9 Å². The summed E-state index contributed by atoms with van der Waals surface area (Å²) in [5.74, 6) is 1.48. The molecule has 0 radical (unpaired) electrons. The molecule has 0 bridgehead atoms. The fraction of sp³-hybridized carbons (Fsp3) is 0.423. The zero-order chi connectivity index (χ0) is 25.1. The van der Waals surface area contributed by atoms with Gasteiger partial charge in [-0.3, -0.25) is 9.59 Å². The molecule has 2 aromatic heterocycles. The zero-order valence-electron chi connectivity index (χ0n) is 20.6. The first-order valence-electron chi connectivity index (χ1n) is 12.0. The lowest BCUT2D eigenvalue weighted by Crippen LogP contribution is -2.33. The summed E-state index contributed by atoms with van der Waals surface area (Å²) in [6.07, 6.45) is 3.98. The molecule has 0 saturated carbocycles. The van der Waals surface area contributed by atoms with Gasteiger partial charge in [0.2, 0.25) is 0 Å². The van der Waals surface area contributed by atoms with Gasteiger partial charge in [0, 0.05) is 43.3 Å². The second-order valence-electron chi connectivity index (χ2n) is 9.33. The lowest BCUT2D eigenvalue weighted by molar-refractivity contribution is -0.122. The third-order valence-electron chi connectivity index (χ3n) is 6.38. The van der Waals surface area contributed by atoms with E-state index in [2.05, 4.69) is 27.4 Å². The standard InChI is InChI=1S/C26H32ClN5O3/c1-16(2)32-22-6-5-19(11-18(22)12-23(26(32)34)35-15-25(33)28-4)30-21-13-24(29-14-20(21)27)31-9-7-17(3)8-10-31/h5-6,11-14,16-17H,7-10,15H2,1-4H3,(H,28,33)(H,29,30). The lowest BCUT2D eigenvalue weighted by Gasteiger charge is -2.31. The number of amides is 1. The van der Waals surface area contributed by atoms with Gasteiger partial charge in [-0.25, -0.2) is 4.98 Å². The first-order valence-corrected chi connectivity index (χ1v) is 12.3. The smallest absolute Gasteiger partial charge is 0.293 e. The summed E-state index contributed by atoms with van der Waals surface area (Å²) in [7, 11) is 1.53. The first kappa shape index (κ1) is 24.9. The predicted octanol–water partition coefficient (Wildman–Crippen LogP) is 4.74. The van der Waals surface area contributed by atoms with E-state index >= 15 is 0 Å². The number of aromatic nitrogens is 2. The summed E-state index contributed by atoms with van der Waals surface area (Å²) in [6, 6.07) is 9.35. The molecule has 3 heterocycles. The molecule has 4 rings (SSSR count). The van der Waals surface area contributed by atoms with Crippen molar-refractivity contribution in [1.29, 1.82) is 0 Å². The van der Waals surface area contributed by atoms with E-state index < -0.39 is 0 Å². The molecule has 9 heteroatoms. The number of carbonyl (C=O) groups excluding carboxylic acids is 1.